The van der Waals surface area contributed by atoms with E-state index in [4.69, 9.17) is 4.74 Å². The zero-order valence-electron chi connectivity index (χ0n) is 40.1. The van der Waals surface area contributed by atoms with Gasteiger partial charge in [-0.2, -0.15) is 5.10 Å². The molecule has 0 saturated carbocycles. The van der Waals surface area contributed by atoms with Crippen LogP contribution in [0.4, 0.5) is 14.9 Å². The Morgan fingerprint density at radius 3 is 2.24 bits per heavy atom. The van der Waals surface area contributed by atoms with Gasteiger partial charge in [-0.1, -0.05) is 24.3 Å². The number of hydrogen-bond donors (Lipinski definition) is 2. The summed E-state index contributed by atoms with van der Waals surface area (Å²) in [5, 5.41) is 10.7. The number of halogens is 2. The van der Waals surface area contributed by atoms with Gasteiger partial charge in [0.2, 0.25) is 11.8 Å². The summed E-state index contributed by atoms with van der Waals surface area (Å²) in [5.41, 5.74) is 1.01. The number of carbonyl (C=O) groups is 5. The number of H-pyrrole nitrogens is 1. The molecule has 3 saturated heterocycles. The van der Waals surface area contributed by atoms with Crippen molar-refractivity contribution in [3.8, 4) is 0 Å². The molecule has 5 amide bonds. The molecule has 0 spiro atoms. The largest absolute Gasteiger partial charge is 0.444 e. The van der Waals surface area contributed by atoms with Crippen LogP contribution in [0.15, 0.2) is 82.6 Å². The van der Waals surface area contributed by atoms with E-state index in [1.54, 1.807) is 78.1 Å². The normalized spacial score (nSPS) is 16.2. The number of fused-ring (bicyclic) bond motifs is 1. The fourth-order valence-electron chi connectivity index (χ4n) is 9.12. The number of rotatable bonds is 13. The Kier molecular flexibility index (Phi) is 16.1. The molecule has 0 bridgehead atoms. The number of carbonyl (C=O) groups excluding carboxylic acids is 5. The molecule has 374 valence electrons. The minimum atomic E-state index is -0.796. The second kappa shape index (κ2) is 22.6. The van der Waals surface area contributed by atoms with E-state index in [1.165, 1.54) is 23.5 Å². The Labute approximate surface area is 418 Å². The van der Waals surface area contributed by atoms with Crippen LogP contribution in [0.3, 0.4) is 0 Å². The lowest BCUT2D eigenvalue weighted by Gasteiger charge is -2.40. The van der Waals surface area contributed by atoms with Crippen molar-refractivity contribution in [3.05, 3.63) is 122 Å². The summed E-state index contributed by atoms with van der Waals surface area (Å²) in [6.45, 7) is 11.5. The van der Waals surface area contributed by atoms with E-state index < -0.39 is 29.3 Å². The molecular formula is C50H58BrFN12O7. The van der Waals surface area contributed by atoms with E-state index in [9.17, 15) is 28.8 Å². The molecule has 3 fully saturated rings. The van der Waals surface area contributed by atoms with Gasteiger partial charge in [-0.25, -0.2) is 29.2 Å². The molecule has 0 radical (unpaired) electrons. The molecule has 2 N–H and O–H groups in total. The van der Waals surface area contributed by atoms with Gasteiger partial charge in [-0.3, -0.25) is 33.8 Å². The summed E-state index contributed by atoms with van der Waals surface area (Å²) in [7, 11) is 0. The highest BCUT2D eigenvalue weighted by molar-refractivity contribution is 9.10. The Morgan fingerprint density at radius 2 is 1.54 bits per heavy atom. The predicted molar refractivity (Wildman–Crippen MR) is 265 cm³/mol. The minimum Gasteiger partial charge on any atom is -0.444 e. The highest BCUT2D eigenvalue weighted by Crippen LogP contribution is 2.26. The van der Waals surface area contributed by atoms with Crippen LogP contribution < -0.4 is 10.9 Å². The van der Waals surface area contributed by atoms with Crippen LogP contribution in [0.25, 0.3) is 10.8 Å². The van der Waals surface area contributed by atoms with Crippen molar-refractivity contribution in [2.45, 2.75) is 52.2 Å². The third kappa shape index (κ3) is 13.2. The van der Waals surface area contributed by atoms with Crippen molar-refractivity contribution in [2.24, 2.45) is 5.92 Å². The van der Waals surface area contributed by atoms with E-state index in [0.717, 1.165) is 45.6 Å². The molecule has 0 atom stereocenters. The molecular weight excluding hydrogens is 980 g/mol. The lowest BCUT2D eigenvalue weighted by Crippen LogP contribution is -2.55. The number of amides is 5. The van der Waals surface area contributed by atoms with Crippen molar-refractivity contribution in [1.29, 1.82) is 0 Å². The Balaban J connectivity index is 0.763. The van der Waals surface area contributed by atoms with E-state index in [-0.39, 0.29) is 54.0 Å². The molecule has 21 heteroatoms. The monoisotopic (exact) mass is 1040 g/mol. The van der Waals surface area contributed by atoms with E-state index in [1.807, 2.05) is 12.1 Å². The molecule has 71 heavy (non-hydrogen) atoms. The first kappa shape index (κ1) is 50.7. The highest BCUT2D eigenvalue weighted by Gasteiger charge is 2.32. The molecule has 8 rings (SSSR count). The van der Waals surface area contributed by atoms with Crippen molar-refractivity contribution in [2.75, 3.05) is 90.4 Å². The summed E-state index contributed by atoms with van der Waals surface area (Å²) >= 11 is 3.41. The average Bonchev–Trinajstić information content (AvgIpc) is 3.35. The van der Waals surface area contributed by atoms with Crippen LogP contribution in [0.5, 0.6) is 0 Å². The van der Waals surface area contributed by atoms with Gasteiger partial charge in [-0.05, 0) is 91.4 Å². The first-order valence-corrected chi connectivity index (χ1v) is 24.6. The number of benzene rings is 2. The standard InChI is InChI=1S/C50H58BrFN12O7/c1-50(2,3)71-49(70)64(29-36-10-13-53-32-55-36)30-43(65)56-42-26-35(51)27-54-45(42)48(69)62-14-11-33(12-15-62)28-59-16-18-60(19-17-59)31-44(66)61-20-22-63(23-21-61)47(68)39-24-34(8-9-40(39)52)25-41-37-6-4-5-7-38(37)46(67)58-57-41/h4-10,13,24,26-27,32-33H,11-12,14-23,25,28-31H2,1-3H3,(H,56,65)(H,58,67). The Bertz CT molecular complexity index is 2810. The Morgan fingerprint density at radius 1 is 0.845 bits per heavy atom. The number of nitrogens with zero attached hydrogens (tertiary/aromatic N) is 10. The zero-order chi connectivity index (χ0) is 50.2. The number of likely N-dealkylation sites (tertiary alicyclic amines) is 1. The fraction of sp³-hybridized carbons (Fsp3) is 0.440. The van der Waals surface area contributed by atoms with Gasteiger partial charge in [0.1, 0.15) is 24.3 Å². The average molecular weight is 1040 g/mol. The number of piperidine rings is 1. The number of pyridine rings is 1. The summed E-state index contributed by atoms with van der Waals surface area (Å²) < 4.78 is 21.2. The topological polar surface area (TPSA) is 210 Å². The first-order valence-electron chi connectivity index (χ1n) is 23.8. The predicted octanol–water partition coefficient (Wildman–Crippen LogP) is 4.43. The number of ether oxygens (including phenoxy) is 1. The van der Waals surface area contributed by atoms with E-state index >= 15 is 4.39 Å². The van der Waals surface area contributed by atoms with Gasteiger partial charge in [0.05, 0.1) is 41.1 Å². The van der Waals surface area contributed by atoms with Gasteiger partial charge >= 0.3 is 6.09 Å². The molecule has 0 aliphatic carbocycles. The summed E-state index contributed by atoms with van der Waals surface area (Å²) in [6, 6.07) is 14.8. The Hall–Kier alpha value is -6.71. The molecule has 0 unspecified atom stereocenters. The van der Waals surface area contributed by atoms with Crippen LogP contribution in [0.1, 0.15) is 71.4 Å². The van der Waals surface area contributed by atoms with Crippen molar-refractivity contribution >= 4 is 62.1 Å². The number of aromatic nitrogens is 5. The lowest BCUT2D eigenvalue weighted by atomic mass is 9.95. The van der Waals surface area contributed by atoms with Crippen LogP contribution in [-0.2, 0) is 27.3 Å². The van der Waals surface area contributed by atoms with Crippen LogP contribution in [-0.4, -0.2) is 175 Å². The van der Waals surface area contributed by atoms with Gasteiger partial charge in [0.15, 0.2) is 5.69 Å². The number of anilines is 1. The van der Waals surface area contributed by atoms with Crippen LogP contribution in [0.2, 0.25) is 0 Å². The summed E-state index contributed by atoms with van der Waals surface area (Å²) in [5.74, 6) is -1.52. The second-order valence-electron chi connectivity index (χ2n) is 19.2. The molecule has 3 aliphatic rings. The molecule has 3 aromatic heterocycles. The lowest BCUT2D eigenvalue weighted by molar-refractivity contribution is -0.134. The molecule has 19 nitrogen and oxygen atoms in total. The maximum atomic E-state index is 15.1. The van der Waals surface area contributed by atoms with Crippen molar-refractivity contribution in [1.82, 2.24) is 54.5 Å². The van der Waals surface area contributed by atoms with Crippen LogP contribution >= 0.6 is 15.9 Å². The van der Waals surface area contributed by atoms with Crippen molar-refractivity contribution in [3.63, 3.8) is 0 Å². The number of hydrogen-bond acceptors (Lipinski definition) is 13. The number of piperazine rings is 2. The van der Waals surface area contributed by atoms with Gasteiger partial charge < -0.3 is 29.7 Å². The smallest absolute Gasteiger partial charge is 0.411 e. The number of aromatic amines is 1. The minimum absolute atomic E-state index is 0.000669. The van der Waals surface area contributed by atoms with Gasteiger partial charge in [0, 0.05) is 101 Å². The third-order valence-electron chi connectivity index (χ3n) is 12.9. The van der Waals surface area contributed by atoms with Crippen LogP contribution in [0, 0.1) is 11.7 Å². The zero-order valence-corrected chi connectivity index (χ0v) is 41.7. The summed E-state index contributed by atoms with van der Waals surface area (Å²) in [4.78, 5) is 103. The molecule has 6 heterocycles. The van der Waals surface area contributed by atoms with E-state index in [2.05, 4.69) is 56.2 Å². The summed E-state index contributed by atoms with van der Waals surface area (Å²) in [6.07, 6.45) is 5.62. The quantitative estimate of drug-likeness (QED) is 0.168. The third-order valence-corrected chi connectivity index (χ3v) is 13.3. The maximum absolute atomic E-state index is 15.1. The molecule has 2 aromatic carbocycles. The first-order chi connectivity index (χ1) is 34.1. The maximum Gasteiger partial charge on any atom is 0.411 e. The number of nitrogens with one attached hydrogen (secondary N) is 2. The second-order valence-corrected chi connectivity index (χ2v) is 20.1. The van der Waals surface area contributed by atoms with Gasteiger partial charge in [0.25, 0.3) is 17.4 Å². The SMILES string of the molecule is CC(C)(C)OC(=O)N(CC(=O)Nc1cc(Br)cnc1C(=O)N1CCC(CN2CCN(CC(=O)N3CCN(C(=O)c4cc(Cc5n[nH]c(=O)c6ccccc56)ccc4F)CC3)CC2)CC1)Cc1ccncn1. The molecule has 3 aliphatic heterocycles. The highest BCUT2D eigenvalue weighted by atomic mass is 79.9. The van der Waals surface area contributed by atoms with Crippen molar-refractivity contribution < 1.29 is 33.1 Å². The van der Waals surface area contributed by atoms with E-state index in [0.29, 0.717) is 83.8 Å². The molecule has 5 aromatic rings. The van der Waals surface area contributed by atoms with Gasteiger partial charge in [-0.15, -0.1) is 0 Å². The fourth-order valence-corrected chi connectivity index (χ4v) is 9.45.